The highest BCUT2D eigenvalue weighted by atomic mass is 28.3. The molecule has 63 heavy (non-hydrogen) atoms. The van der Waals surface area contributed by atoms with Crippen LogP contribution in [0.5, 0.6) is 0 Å². The number of benzene rings is 10. The highest BCUT2D eigenvalue weighted by molar-refractivity contribution is 7.20. The standard InChI is InChI=1S/C60H42N2Si/c1-6-20-43(21-7-1)45-34-36-47(37-35-45)61-56-32-18-17-31-53(56)55-40-46(44-22-8-2-9-23-44)41-59(60(55)61)62-57-33-19-16-30-52(57)54-39-38-51(42-58(54)62)63(48-24-10-3-11-25-48,49-26-12-4-13-27-49)50-28-14-5-15-29-50/h1-42H. The lowest BCUT2D eigenvalue weighted by atomic mass is 10.0. The van der Waals surface area contributed by atoms with Gasteiger partial charge in [0.05, 0.1) is 27.8 Å². The van der Waals surface area contributed by atoms with Gasteiger partial charge >= 0.3 is 0 Å². The number of aromatic nitrogens is 2. The Morgan fingerprint density at radius 1 is 0.254 bits per heavy atom. The van der Waals surface area contributed by atoms with E-state index in [1.807, 2.05) is 0 Å². The minimum absolute atomic E-state index is 1.12. The topological polar surface area (TPSA) is 9.86 Å². The van der Waals surface area contributed by atoms with Crippen LogP contribution in [0.15, 0.2) is 255 Å². The molecule has 10 aromatic carbocycles. The summed E-state index contributed by atoms with van der Waals surface area (Å²) in [5, 5.41) is 10.3. The van der Waals surface area contributed by atoms with Crippen molar-refractivity contribution in [1.29, 1.82) is 0 Å². The third-order valence-corrected chi connectivity index (χ3v) is 17.8. The van der Waals surface area contributed by atoms with Crippen molar-refractivity contribution >= 4 is 72.4 Å². The van der Waals surface area contributed by atoms with Gasteiger partial charge < -0.3 is 9.13 Å². The first-order valence-corrected chi connectivity index (χ1v) is 23.8. The Morgan fingerprint density at radius 3 is 1.24 bits per heavy atom. The Balaban J connectivity index is 1.22. The van der Waals surface area contributed by atoms with Crippen molar-refractivity contribution < 1.29 is 0 Å². The molecule has 0 fully saturated rings. The summed E-state index contributed by atoms with van der Waals surface area (Å²) in [4.78, 5) is 0. The molecule has 0 N–H and O–H groups in total. The van der Waals surface area contributed by atoms with Crippen molar-refractivity contribution in [2.45, 2.75) is 0 Å². The fourth-order valence-electron chi connectivity index (χ4n) is 10.3. The van der Waals surface area contributed by atoms with Crippen LogP contribution in [0.4, 0.5) is 0 Å². The van der Waals surface area contributed by atoms with E-state index in [9.17, 15) is 0 Å². The van der Waals surface area contributed by atoms with E-state index in [0.717, 1.165) is 11.4 Å². The summed E-state index contributed by atoms with van der Waals surface area (Å²) in [6.45, 7) is 0. The second-order valence-corrected chi connectivity index (χ2v) is 20.3. The van der Waals surface area contributed by atoms with E-state index in [2.05, 4.69) is 264 Å². The third kappa shape index (κ3) is 5.93. The summed E-state index contributed by atoms with van der Waals surface area (Å²) in [6.07, 6.45) is 0. The second-order valence-electron chi connectivity index (χ2n) is 16.5. The van der Waals surface area contributed by atoms with Gasteiger partial charge in [-0.15, -0.1) is 0 Å². The average Bonchev–Trinajstić information content (AvgIpc) is 3.88. The Kier molecular flexibility index (Phi) is 8.87. The van der Waals surface area contributed by atoms with Crippen LogP contribution in [-0.2, 0) is 0 Å². The molecule has 0 unspecified atom stereocenters. The molecular formula is C60H42N2Si. The number of fused-ring (bicyclic) bond motifs is 6. The average molecular weight is 819 g/mol. The van der Waals surface area contributed by atoms with E-state index in [1.54, 1.807) is 0 Å². The summed E-state index contributed by atoms with van der Waals surface area (Å²) in [5.41, 5.74) is 11.8. The van der Waals surface area contributed by atoms with E-state index < -0.39 is 8.07 Å². The summed E-state index contributed by atoms with van der Waals surface area (Å²) in [7, 11) is -2.85. The highest BCUT2D eigenvalue weighted by Gasteiger charge is 2.41. The van der Waals surface area contributed by atoms with Crippen molar-refractivity contribution in [3.8, 4) is 33.6 Å². The SMILES string of the molecule is c1ccc(-c2ccc(-n3c4ccccc4c4cc(-c5ccccc5)cc(-n5c6ccccc6c6ccc([Si](c7ccccc7)(c7ccccc7)c7ccccc7)cc65)c43)cc2)cc1. The number of nitrogens with zero attached hydrogens (tertiary/aromatic N) is 2. The van der Waals surface area contributed by atoms with E-state index >= 15 is 0 Å². The number of rotatable bonds is 8. The van der Waals surface area contributed by atoms with Gasteiger partial charge in [-0.05, 0) is 85.5 Å². The zero-order valence-electron chi connectivity index (χ0n) is 34.6. The molecule has 3 heteroatoms. The molecule has 296 valence electrons. The zero-order valence-corrected chi connectivity index (χ0v) is 35.6. The molecule has 0 amide bonds. The fraction of sp³-hybridized carbons (Fsp3) is 0. The Morgan fingerprint density at radius 2 is 0.683 bits per heavy atom. The van der Waals surface area contributed by atoms with Gasteiger partial charge in [0.1, 0.15) is 0 Å². The molecule has 0 aliphatic rings. The van der Waals surface area contributed by atoms with Crippen molar-refractivity contribution in [3.63, 3.8) is 0 Å². The summed E-state index contributed by atoms with van der Waals surface area (Å²) in [5.74, 6) is 0. The van der Waals surface area contributed by atoms with Crippen molar-refractivity contribution in [1.82, 2.24) is 9.13 Å². The van der Waals surface area contributed by atoms with Crippen LogP contribution in [0.1, 0.15) is 0 Å². The maximum absolute atomic E-state index is 2.85. The van der Waals surface area contributed by atoms with Crippen LogP contribution in [0.25, 0.3) is 77.2 Å². The molecule has 0 atom stereocenters. The lowest BCUT2D eigenvalue weighted by Crippen LogP contribution is -2.74. The molecule has 0 aliphatic carbocycles. The predicted octanol–water partition coefficient (Wildman–Crippen LogP) is 12.6. The fourth-order valence-corrected chi connectivity index (χ4v) is 15.0. The van der Waals surface area contributed by atoms with Crippen LogP contribution in [0, 0.1) is 0 Å². The minimum Gasteiger partial charge on any atom is -0.307 e. The van der Waals surface area contributed by atoms with E-state index in [-0.39, 0.29) is 0 Å². The minimum atomic E-state index is -2.85. The number of para-hydroxylation sites is 2. The zero-order chi connectivity index (χ0) is 41.7. The van der Waals surface area contributed by atoms with Crippen LogP contribution in [0.3, 0.4) is 0 Å². The summed E-state index contributed by atoms with van der Waals surface area (Å²) in [6, 6.07) is 94.4. The molecule has 2 heterocycles. The molecule has 2 nitrogen and oxygen atoms in total. The molecular weight excluding hydrogens is 777 g/mol. The molecule has 0 radical (unpaired) electrons. The second kappa shape index (κ2) is 15.2. The van der Waals surface area contributed by atoms with Gasteiger partial charge in [-0.25, -0.2) is 0 Å². The Labute approximate surface area is 368 Å². The number of hydrogen-bond acceptors (Lipinski definition) is 0. The summed E-state index contributed by atoms with van der Waals surface area (Å²) < 4.78 is 5.06. The van der Waals surface area contributed by atoms with Gasteiger partial charge in [-0.2, -0.15) is 0 Å². The van der Waals surface area contributed by atoms with E-state index in [1.165, 1.54) is 86.6 Å². The van der Waals surface area contributed by atoms with Crippen molar-refractivity contribution in [2.75, 3.05) is 0 Å². The lowest BCUT2D eigenvalue weighted by molar-refractivity contribution is 1.13. The van der Waals surface area contributed by atoms with Gasteiger partial charge in [0.15, 0.2) is 8.07 Å². The Bertz CT molecular complexity index is 3480. The molecule has 0 spiro atoms. The van der Waals surface area contributed by atoms with Gasteiger partial charge in [-0.1, -0.05) is 212 Å². The van der Waals surface area contributed by atoms with Crippen molar-refractivity contribution in [3.05, 3.63) is 255 Å². The van der Waals surface area contributed by atoms with Gasteiger partial charge in [0.25, 0.3) is 0 Å². The van der Waals surface area contributed by atoms with E-state index in [0.29, 0.717) is 0 Å². The highest BCUT2D eigenvalue weighted by Crippen LogP contribution is 2.42. The first kappa shape index (κ1) is 36.8. The quantitative estimate of drug-likeness (QED) is 0.107. The largest absolute Gasteiger partial charge is 0.307 e. The van der Waals surface area contributed by atoms with Gasteiger partial charge in [0, 0.05) is 27.2 Å². The summed E-state index contributed by atoms with van der Waals surface area (Å²) >= 11 is 0. The molecule has 2 aromatic heterocycles. The lowest BCUT2D eigenvalue weighted by Gasteiger charge is -2.34. The van der Waals surface area contributed by atoms with Crippen molar-refractivity contribution in [2.24, 2.45) is 0 Å². The molecule has 0 bridgehead atoms. The first-order valence-electron chi connectivity index (χ1n) is 21.8. The monoisotopic (exact) mass is 818 g/mol. The van der Waals surface area contributed by atoms with E-state index in [4.69, 9.17) is 0 Å². The third-order valence-electron chi connectivity index (χ3n) is 13.1. The van der Waals surface area contributed by atoms with Crippen LogP contribution in [-0.4, -0.2) is 17.2 Å². The first-order chi connectivity index (χ1) is 31.3. The molecule has 0 aliphatic heterocycles. The predicted molar refractivity (Wildman–Crippen MR) is 270 cm³/mol. The van der Waals surface area contributed by atoms with Crippen LogP contribution in [0.2, 0.25) is 0 Å². The molecule has 12 aromatic rings. The Hall–Kier alpha value is -7.98. The maximum Gasteiger partial charge on any atom is 0.179 e. The normalized spacial score (nSPS) is 11.8. The van der Waals surface area contributed by atoms with Crippen LogP contribution >= 0.6 is 0 Å². The van der Waals surface area contributed by atoms with Gasteiger partial charge in [-0.3, -0.25) is 0 Å². The molecule has 0 saturated heterocycles. The smallest absolute Gasteiger partial charge is 0.179 e. The van der Waals surface area contributed by atoms with Crippen LogP contribution < -0.4 is 20.7 Å². The molecule has 12 rings (SSSR count). The maximum atomic E-state index is 2.57. The van der Waals surface area contributed by atoms with Gasteiger partial charge in [0.2, 0.25) is 0 Å². The number of hydrogen-bond donors (Lipinski definition) is 0. The molecule has 0 saturated carbocycles.